The van der Waals surface area contributed by atoms with E-state index >= 15 is 0 Å². The van der Waals surface area contributed by atoms with Crippen molar-refractivity contribution in [3.05, 3.63) is 53.2 Å². The van der Waals surface area contributed by atoms with Crippen LogP contribution in [0.5, 0.6) is 0 Å². The first-order valence-electron chi connectivity index (χ1n) is 7.80. The van der Waals surface area contributed by atoms with Gasteiger partial charge in [-0.3, -0.25) is 0 Å². The number of halogens is 2. The second-order valence-electron chi connectivity index (χ2n) is 5.55. The van der Waals surface area contributed by atoms with Gasteiger partial charge in [0.15, 0.2) is 11.7 Å². The van der Waals surface area contributed by atoms with Crippen LogP contribution >= 0.6 is 24.0 Å². The van der Waals surface area contributed by atoms with Gasteiger partial charge in [-0.25, -0.2) is 9.38 Å². The SMILES string of the molecule is CCNC(=NCc1ccc(F)cc1)NCc1cc(C(C)C)no1.I. The quantitative estimate of drug-likeness (QED) is 0.403. The second-order valence-corrected chi connectivity index (χ2v) is 5.55. The smallest absolute Gasteiger partial charge is 0.191 e. The first-order chi connectivity index (χ1) is 11.1. The number of aliphatic imine (C=N–C) groups is 1. The third-order valence-corrected chi connectivity index (χ3v) is 3.28. The largest absolute Gasteiger partial charge is 0.359 e. The van der Waals surface area contributed by atoms with Gasteiger partial charge >= 0.3 is 0 Å². The van der Waals surface area contributed by atoms with E-state index in [2.05, 4.69) is 34.6 Å². The van der Waals surface area contributed by atoms with E-state index in [0.29, 0.717) is 25.0 Å². The normalized spacial score (nSPS) is 11.3. The summed E-state index contributed by atoms with van der Waals surface area (Å²) in [6.45, 7) is 7.88. The Morgan fingerprint density at radius 2 is 1.96 bits per heavy atom. The molecule has 0 aliphatic heterocycles. The molecule has 2 aromatic rings. The highest BCUT2D eigenvalue weighted by Gasteiger charge is 2.08. The van der Waals surface area contributed by atoms with Crippen LogP contribution in [0, 0.1) is 5.82 Å². The van der Waals surface area contributed by atoms with Crippen LogP contribution < -0.4 is 10.6 Å². The molecule has 0 aliphatic rings. The van der Waals surface area contributed by atoms with Crippen molar-refractivity contribution >= 4 is 29.9 Å². The topological polar surface area (TPSA) is 62.5 Å². The molecule has 0 atom stereocenters. The van der Waals surface area contributed by atoms with Gasteiger partial charge < -0.3 is 15.2 Å². The Bertz CT molecular complexity index is 640. The van der Waals surface area contributed by atoms with E-state index in [1.165, 1.54) is 12.1 Å². The number of hydrogen-bond acceptors (Lipinski definition) is 3. The molecule has 2 rings (SSSR count). The van der Waals surface area contributed by atoms with Gasteiger partial charge in [0.2, 0.25) is 0 Å². The summed E-state index contributed by atoms with van der Waals surface area (Å²) in [6, 6.07) is 8.28. The van der Waals surface area contributed by atoms with E-state index in [4.69, 9.17) is 4.52 Å². The van der Waals surface area contributed by atoms with E-state index in [1.54, 1.807) is 12.1 Å². The van der Waals surface area contributed by atoms with Crippen LogP contribution in [0.3, 0.4) is 0 Å². The van der Waals surface area contributed by atoms with Gasteiger partial charge in [0.25, 0.3) is 0 Å². The zero-order valence-corrected chi connectivity index (χ0v) is 16.5. The van der Waals surface area contributed by atoms with Gasteiger partial charge in [-0.2, -0.15) is 0 Å². The van der Waals surface area contributed by atoms with Gasteiger partial charge in [-0.1, -0.05) is 31.1 Å². The summed E-state index contributed by atoms with van der Waals surface area (Å²) < 4.78 is 18.2. The summed E-state index contributed by atoms with van der Waals surface area (Å²) in [5, 5.41) is 10.4. The van der Waals surface area contributed by atoms with Crippen LogP contribution in [-0.2, 0) is 13.1 Å². The molecule has 0 aliphatic carbocycles. The molecule has 132 valence electrons. The maximum Gasteiger partial charge on any atom is 0.191 e. The monoisotopic (exact) mass is 446 g/mol. The van der Waals surface area contributed by atoms with Crippen LogP contribution in [-0.4, -0.2) is 17.7 Å². The molecule has 7 heteroatoms. The van der Waals surface area contributed by atoms with Gasteiger partial charge in [0.05, 0.1) is 18.8 Å². The van der Waals surface area contributed by atoms with Gasteiger partial charge in [0, 0.05) is 12.6 Å². The minimum absolute atomic E-state index is 0. The summed E-state index contributed by atoms with van der Waals surface area (Å²) in [6.07, 6.45) is 0. The first-order valence-corrected chi connectivity index (χ1v) is 7.80. The zero-order chi connectivity index (χ0) is 16.7. The summed E-state index contributed by atoms with van der Waals surface area (Å²) in [5.74, 6) is 1.54. The fraction of sp³-hybridized carbons (Fsp3) is 0.412. The molecule has 0 bridgehead atoms. The van der Waals surface area contributed by atoms with Crippen molar-refractivity contribution in [2.75, 3.05) is 6.54 Å². The molecule has 5 nitrogen and oxygen atoms in total. The fourth-order valence-corrected chi connectivity index (χ4v) is 1.96. The predicted octanol–water partition coefficient (Wildman–Crippen LogP) is 3.81. The van der Waals surface area contributed by atoms with Gasteiger partial charge in [-0.05, 0) is 30.5 Å². The number of nitrogens with zero attached hydrogens (tertiary/aromatic N) is 2. The van der Waals surface area contributed by atoms with Crippen LogP contribution in [0.1, 0.15) is 43.7 Å². The molecule has 0 fully saturated rings. The average molecular weight is 446 g/mol. The van der Waals surface area contributed by atoms with Crippen LogP contribution in [0.25, 0.3) is 0 Å². The van der Waals surface area contributed by atoms with Crippen molar-refractivity contribution < 1.29 is 8.91 Å². The van der Waals surface area contributed by atoms with Crippen molar-refractivity contribution in [2.45, 2.75) is 39.8 Å². The number of rotatable bonds is 6. The number of aromatic nitrogens is 1. The third-order valence-electron chi connectivity index (χ3n) is 3.28. The molecule has 0 radical (unpaired) electrons. The molecule has 24 heavy (non-hydrogen) atoms. The van der Waals surface area contributed by atoms with Gasteiger partial charge in [0.1, 0.15) is 5.82 Å². The van der Waals surface area contributed by atoms with Gasteiger partial charge in [-0.15, -0.1) is 24.0 Å². The molecule has 0 amide bonds. The lowest BCUT2D eigenvalue weighted by atomic mass is 10.1. The molecule has 2 N–H and O–H groups in total. The third kappa shape index (κ3) is 6.46. The van der Waals surface area contributed by atoms with Crippen molar-refractivity contribution in [1.29, 1.82) is 0 Å². The van der Waals surface area contributed by atoms with Crippen LogP contribution in [0.4, 0.5) is 4.39 Å². The maximum atomic E-state index is 12.9. The Morgan fingerprint density at radius 1 is 1.25 bits per heavy atom. The fourth-order valence-electron chi connectivity index (χ4n) is 1.96. The van der Waals surface area contributed by atoms with Crippen molar-refractivity contribution in [2.24, 2.45) is 4.99 Å². The molecule has 1 aromatic heterocycles. The lowest BCUT2D eigenvalue weighted by Gasteiger charge is -2.09. The zero-order valence-electron chi connectivity index (χ0n) is 14.2. The molecule has 0 saturated heterocycles. The lowest BCUT2D eigenvalue weighted by Crippen LogP contribution is -2.36. The number of guanidine groups is 1. The molecule has 1 aromatic carbocycles. The predicted molar refractivity (Wildman–Crippen MR) is 104 cm³/mol. The first kappa shape index (κ1) is 20.4. The summed E-state index contributed by atoms with van der Waals surface area (Å²) in [5.41, 5.74) is 1.89. The number of nitrogens with one attached hydrogen (secondary N) is 2. The Hall–Kier alpha value is -1.64. The number of benzene rings is 1. The van der Waals surface area contributed by atoms with Crippen LogP contribution in [0.15, 0.2) is 39.8 Å². The van der Waals surface area contributed by atoms with E-state index in [9.17, 15) is 4.39 Å². The molecule has 0 saturated carbocycles. The van der Waals surface area contributed by atoms with Crippen molar-refractivity contribution in [3.8, 4) is 0 Å². The Morgan fingerprint density at radius 3 is 2.54 bits per heavy atom. The minimum atomic E-state index is -0.242. The molecular formula is C17H24FIN4O. The second kappa shape index (κ2) is 10.3. The minimum Gasteiger partial charge on any atom is -0.359 e. The summed E-state index contributed by atoms with van der Waals surface area (Å²) in [4.78, 5) is 4.48. The highest BCUT2D eigenvalue weighted by molar-refractivity contribution is 14.0. The van der Waals surface area contributed by atoms with E-state index in [0.717, 1.165) is 23.6 Å². The number of hydrogen-bond donors (Lipinski definition) is 2. The lowest BCUT2D eigenvalue weighted by molar-refractivity contribution is 0.372. The van der Waals surface area contributed by atoms with Crippen molar-refractivity contribution in [1.82, 2.24) is 15.8 Å². The highest BCUT2D eigenvalue weighted by Crippen LogP contribution is 2.13. The average Bonchev–Trinajstić information content (AvgIpc) is 3.01. The standard InChI is InChI=1S/C17H23FN4O.HI/c1-4-19-17(20-10-13-5-7-14(18)8-6-13)21-11-15-9-16(12(2)3)22-23-15;/h5-9,12H,4,10-11H2,1-3H3,(H2,19,20,21);1H. The molecule has 1 heterocycles. The maximum absolute atomic E-state index is 12.9. The molecule has 0 unspecified atom stereocenters. The Balaban J connectivity index is 0.00000288. The van der Waals surface area contributed by atoms with Crippen LogP contribution in [0.2, 0.25) is 0 Å². The summed E-state index contributed by atoms with van der Waals surface area (Å²) in [7, 11) is 0. The van der Waals surface area contributed by atoms with Crippen molar-refractivity contribution in [3.63, 3.8) is 0 Å². The van der Waals surface area contributed by atoms with E-state index < -0.39 is 0 Å². The highest BCUT2D eigenvalue weighted by atomic mass is 127. The summed E-state index contributed by atoms with van der Waals surface area (Å²) >= 11 is 0. The van der Waals surface area contributed by atoms with E-state index in [-0.39, 0.29) is 29.8 Å². The van der Waals surface area contributed by atoms with E-state index in [1.807, 2.05) is 13.0 Å². The Labute approximate surface area is 159 Å². The molecular weight excluding hydrogens is 422 g/mol. The Kier molecular flexibility index (Phi) is 8.73. The molecule has 0 spiro atoms.